The molecule has 2 atom stereocenters. The Balaban J connectivity index is 1.56. The molecule has 2 unspecified atom stereocenters. The highest BCUT2D eigenvalue weighted by Gasteiger charge is 2.23. The van der Waals surface area contributed by atoms with E-state index in [0.29, 0.717) is 6.04 Å². The molecule has 0 spiro atoms. The highest BCUT2D eigenvalue weighted by molar-refractivity contribution is 7.99. The Morgan fingerprint density at radius 3 is 2.90 bits per heavy atom. The second-order valence-corrected chi connectivity index (χ2v) is 6.52. The number of para-hydroxylation sites is 1. The van der Waals surface area contributed by atoms with Crippen molar-refractivity contribution in [2.24, 2.45) is 0 Å². The molecule has 20 heavy (non-hydrogen) atoms. The van der Waals surface area contributed by atoms with E-state index in [1.54, 1.807) is 0 Å². The Kier molecular flexibility index (Phi) is 4.43. The van der Waals surface area contributed by atoms with Crippen LogP contribution >= 0.6 is 11.8 Å². The second kappa shape index (κ2) is 6.46. The van der Waals surface area contributed by atoms with E-state index in [4.69, 9.17) is 0 Å². The van der Waals surface area contributed by atoms with Gasteiger partial charge in [0.25, 0.3) is 0 Å². The van der Waals surface area contributed by atoms with Gasteiger partial charge in [0.15, 0.2) is 0 Å². The van der Waals surface area contributed by atoms with Crippen molar-refractivity contribution in [2.75, 3.05) is 6.26 Å². The lowest BCUT2D eigenvalue weighted by Crippen LogP contribution is -2.25. The van der Waals surface area contributed by atoms with E-state index >= 15 is 0 Å². The number of benzene rings is 1. The first-order valence-electron chi connectivity index (χ1n) is 7.20. The van der Waals surface area contributed by atoms with Crippen LogP contribution < -0.4 is 5.32 Å². The highest BCUT2D eigenvalue weighted by atomic mass is 32.2. The molecule has 1 aromatic heterocycles. The van der Waals surface area contributed by atoms with E-state index in [-0.39, 0.29) is 0 Å². The Bertz CT molecular complexity index is 538. The second-order valence-electron chi connectivity index (χ2n) is 5.38. The van der Waals surface area contributed by atoms with Crippen molar-refractivity contribution in [1.82, 2.24) is 15.1 Å². The number of hydrogen-bond acceptors (Lipinski definition) is 3. The lowest BCUT2D eigenvalue weighted by molar-refractivity contribution is 0.525. The van der Waals surface area contributed by atoms with Crippen molar-refractivity contribution in [2.45, 2.75) is 37.1 Å². The molecule has 1 fully saturated rings. The van der Waals surface area contributed by atoms with Crippen LogP contribution in [0.25, 0.3) is 5.69 Å². The van der Waals surface area contributed by atoms with Gasteiger partial charge in [-0.15, -0.1) is 0 Å². The first kappa shape index (κ1) is 13.7. The van der Waals surface area contributed by atoms with E-state index in [1.165, 1.54) is 24.8 Å². The molecule has 0 bridgehead atoms. The fraction of sp³-hybridized carbons (Fsp3) is 0.438. The van der Waals surface area contributed by atoms with Gasteiger partial charge < -0.3 is 5.32 Å². The van der Waals surface area contributed by atoms with Crippen LogP contribution in [-0.2, 0) is 6.54 Å². The third-order valence-corrected chi connectivity index (χ3v) is 5.06. The molecule has 1 aromatic carbocycles. The zero-order valence-electron chi connectivity index (χ0n) is 11.8. The average molecular weight is 287 g/mol. The number of aromatic nitrogens is 2. The molecular formula is C16H21N3S. The van der Waals surface area contributed by atoms with Crippen molar-refractivity contribution >= 4 is 11.8 Å². The Morgan fingerprint density at radius 2 is 2.15 bits per heavy atom. The molecule has 1 saturated carbocycles. The number of nitrogens with zero attached hydrogens (tertiary/aromatic N) is 2. The van der Waals surface area contributed by atoms with E-state index in [1.807, 2.05) is 40.8 Å². The van der Waals surface area contributed by atoms with E-state index in [2.05, 4.69) is 35.0 Å². The quantitative estimate of drug-likeness (QED) is 0.915. The average Bonchev–Trinajstić information content (AvgIpc) is 3.15. The molecule has 3 rings (SSSR count). The van der Waals surface area contributed by atoms with Crippen LogP contribution in [0.15, 0.2) is 42.7 Å². The fourth-order valence-corrected chi connectivity index (χ4v) is 3.57. The first-order chi connectivity index (χ1) is 9.85. The summed E-state index contributed by atoms with van der Waals surface area (Å²) in [6.07, 6.45) is 10.2. The van der Waals surface area contributed by atoms with Gasteiger partial charge in [-0.1, -0.05) is 18.2 Å². The molecule has 0 saturated heterocycles. The van der Waals surface area contributed by atoms with Crippen molar-refractivity contribution in [3.05, 3.63) is 48.3 Å². The molecule has 0 amide bonds. The minimum Gasteiger partial charge on any atom is -0.310 e. The Labute approximate surface area is 124 Å². The molecule has 106 valence electrons. The number of thioether (sulfide) groups is 1. The van der Waals surface area contributed by atoms with Crippen molar-refractivity contribution in [3.63, 3.8) is 0 Å². The maximum Gasteiger partial charge on any atom is 0.0645 e. The van der Waals surface area contributed by atoms with Crippen molar-refractivity contribution < 1.29 is 0 Å². The van der Waals surface area contributed by atoms with Crippen molar-refractivity contribution in [3.8, 4) is 5.69 Å². The molecule has 4 heteroatoms. The van der Waals surface area contributed by atoms with Crippen LogP contribution in [0.5, 0.6) is 0 Å². The standard InChI is InChI=1S/C16H21N3S/c1-20-16-8-7-14(9-16)17-10-13-11-18-19(12-13)15-5-3-2-4-6-15/h2-6,11-12,14,16-17H,7-10H2,1H3. The summed E-state index contributed by atoms with van der Waals surface area (Å²) in [6, 6.07) is 10.9. The third kappa shape index (κ3) is 3.25. The summed E-state index contributed by atoms with van der Waals surface area (Å²) < 4.78 is 1.94. The number of rotatable bonds is 5. The largest absolute Gasteiger partial charge is 0.310 e. The Hall–Kier alpha value is -1.26. The minimum absolute atomic E-state index is 0.674. The Morgan fingerprint density at radius 1 is 1.30 bits per heavy atom. The van der Waals surface area contributed by atoms with Gasteiger partial charge >= 0.3 is 0 Å². The summed E-state index contributed by atoms with van der Waals surface area (Å²) in [4.78, 5) is 0. The maximum atomic E-state index is 4.44. The summed E-state index contributed by atoms with van der Waals surface area (Å²) >= 11 is 2.00. The van der Waals surface area contributed by atoms with Gasteiger partial charge in [0.1, 0.15) is 0 Å². The van der Waals surface area contributed by atoms with Crippen molar-refractivity contribution in [1.29, 1.82) is 0 Å². The predicted octanol–water partition coefficient (Wildman–Crippen LogP) is 3.25. The molecule has 0 aliphatic heterocycles. The summed E-state index contributed by atoms with van der Waals surface area (Å²) in [5, 5.41) is 8.94. The van der Waals surface area contributed by atoms with Crippen LogP contribution in [0.1, 0.15) is 24.8 Å². The van der Waals surface area contributed by atoms with Gasteiger partial charge in [-0.3, -0.25) is 0 Å². The molecule has 1 N–H and O–H groups in total. The maximum absolute atomic E-state index is 4.44. The van der Waals surface area contributed by atoms with E-state index in [0.717, 1.165) is 17.5 Å². The molecule has 1 aliphatic rings. The topological polar surface area (TPSA) is 29.9 Å². The first-order valence-corrected chi connectivity index (χ1v) is 8.49. The monoisotopic (exact) mass is 287 g/mol. The predicted molar refractivity (Wildman–Crippen MR) is 85.3 cm³/mol. The number of nitrogens with one attached hydrogen (secondary N) is 1. The SMILES string of the molecule is CSC1CCC(NCc2cnn(-c3ccccc3)c2)C1. The van der Waals surface area contributed by atoms with Gasteiger partial charge in [0, 0.05) is 29.6 Å². The molecule has 2 aromatic rings. The number of hydrogen-bond donors (Lipinski definition) is 1. The zero-order chi connectivity index (χ0) is 13.8. The van der Waals surface area contributed by atoms with Gasteiger partial charge in [-0.2, -0.15) is 16.9 Å². The normalized spacial score (nSPS) is 22.2. The van der Waals surface area contributed by atoms with Crippen LogP contribution in [-0.4, -0.2) is 27.3 Å². The summed E-state index contributed by atoms with van der Waals surface area (Å²) in [5.41, 5.74) is 2.36. The molecular weight excluding hydrogens is 266 g/mol. The third-order valence-electron chi connectivity index (χ3n) is 3.97. The zero-order valence-corrected chi connectivity index (χ0v) is 12.6. The van der Waals surface area contributed by atoms with E-state index in [9.17, 15) is 0 Å². The van der Waals surface area contributed by atoms with Gasteiger partial charge in [0.2, 0.25) is 0 Å². The van der Waals surface area contributed by atoms with Gasteiger partial charge in [-0.25, -0.2) is 4.68 Å². The molecule has 0 radical (unpaired) electrons. The van der Waals surface area contributed by atoms with Crippen LogP contribution in [0.4, 0.5) is 0 Å². The fourth-order valence-electron chi connectivity index (χ4n) is 2.78. The van der Waals surface area contributed by atoms with E-state index < -0.39 is 0 Å². The van der Waals surface area contributed by atoms with Gasteiger partial charge in [0.05, 0.1) is 11.9 Å². The lowest BCUT2D eigenvalue weighted by Gasteiger charge is -2.11. The summed E-state index contributed by atoms with van der Waals surface area (Å²) in [6.45, 7) is 0.915. The van der Waals surface area contributed by atoms with Gasteiger partial charge in [-0.05, 0) is 37.7 Å². The molecule has 3 nitrogen and oxygen atoms in total. The summed E-state index contributed by atoms with van der Waals surface area (Å²) in [7, 11) is 0. The lowest BCUT2D eigenvalue weighted by atomic mass is 10.2. The van der Waals surface area contributed by atoms with Crippen LogP contribution in [0.3, 0.4) is 0 Å². The molecule has 1 aliphatic carbocycles. The highest BCUT2D eigenvalue weighted by Crippen LogP contribution is 2.28. The summed E-state index contributed by atoms with van der Waals surface area (Å²) in [5.74, 6) is 0. The smallest absolute Gasteiger partial charge is 0.0645 e. The minimum atomic E-state index is 0.674. The van der Waals surface area contributed by atoms with Crippen LogP contribution in [0.2, 0.25) is 0 Å². The molecule has 1 heterocycles. The van der Waals surface area contributed by atoms with Crippen LogP contribution in [0, 0.1) is 0 Å².